The molecule has 4 aromatic rings. The Labute approximate surface area is 182 Å². The van der Waals surface area contributed by atoms with E-state index in [2.05, 4.69) is 22.4 Å². The van der Waals surface area contributed by atoms with Crippen molar-refractivity contribution in [3.63, 3.8) is 0 Å². The molecule has 0 aliphatic rings. The largest absolute Gasteiger partial charge is 0.355 e. The smallest absolute Gasteiger partial charge is 0.263 e. The van der Waals surface area contributed by atoms with Crippen LogP contribution in [0, 0.1) is 0 Å². The fourth-order valence-corrected chi connectivity index (χ4v) is 4.91. The number of nitrogens with one attached hydrogen (secondary N) is 1. The number of hydrogen-bond acceptors (Lipinski definition) is 5. The summed E-state index contributed by atoms with van der Waals surface area (Å²) in [5, 5.41) is 5.41. The second kappa shape index (κ2) is 9.73. The van der Waals surface area contributed by atoms with Gasteiger partial charge in [-0.3, -0.25) is 14.2 Å². The molecule has 0 atom stereocenters. The number of nitrogens with zero attached hydrogens (tertiary/aromatic N) is 2. The van der Waals surface area contributed by atoms with Crippen LogP contribution in [0.5, 0.6) is 0 Å². The minimum atomic E-state index is -0.185. The normalized spacial score (nSPS) is 10.9. The average Bonchev–Trinajstić information content (AvgIpc) is 3.22. The van der Waals surface area contributed by atoms with E-state index >= 15 is 0 Å². The van der Waals surface area contributed by atoms with Gasteiger partial charge in [0.25, 0.3) is 5.56 Å². The van der Waals surface area contributed by atoms with Gasteiger partial charge in [0.15, 0.2) is 0 Å². The number of aromatic nitrogens is 2. The van der Waals surface area contributed by atoms with Crippen molar-refractivity contribution >= 4 is 39.2 Å². The Bertz CT molecular complexity index is 1190. The van der Waals surface area contributed by atoms with Crippen LogP contribution >= 0.6 is 23.1 Å². The fraction of sp³-hybridized carbons (Fsp3) is 0.174. The SMILES string of the molecule is O=C(Cn1cnc2scc(-c3ccccc3)c2c1=O)NCCCSc1ccccc1. The molecule has 1 N–H and O–H groups in total. The number of benzene rings is 2. The molecule has 7 heteroatoms. The first kappa shape index (κ1) is 20.4. The Balaban J connectivity index is 1.37. The monoisotopic (exact) mass is 435 g/mol. The van der Waals surface area contributed by atoms with Crippen LogP contribution in [0.2, 0.25) is 0 Å². The zero-order valence-electron chi connectivity index (χ0n) is 16.3. The van der Waals surface area contributed by atoms with Crippen molar-refractivity contribution in [1.82, 2.24) is 14.9 Å². The van der Waals surface area contributed by atoms with Crippen molar-refractivity contribution in [3.05, 3.63) is 82.7 Å². The quantitative estimate of drug-likeness (QED) is 0.329. The van der Waals surface area contributed by atoms with Gasteiger partial charge in [-0.2, -0.15) is 0 Å². The van der Waals surface area contributed by atoms with E-state index in [9.17, 15) is 9.59 Å². The highest BCUT2D eigenvalue weighted by Gasteiger charge is 2.14. The van der Waals surface area contributed by atoms with Crippen LogP contribution in [0.4, 0.5) is 0 Å². The topological polar surface area (TPSA) is 64.0 Å². The second-order valence-electron chi connectivity index (χ2n) is 6.74. The van der Waals surface area contributed by atoms with Gasteiger partial charge in [0.05, 0.1) is 11.7 Å². The van der Waals surface area contributed by atoms with Gasteiger partial charge < -0.3 is 5.32 Å². The first-order valence-electron chi connectivity index (χ1n) is 9.69. The number of amides is 1. The van der Waals surface area contributed by atoms with E-state index in [0.29, 0.717) is 16.8 Å². The lowest BCUT2D eigenvalue weighted by atomic mass is 10.1. The van der Waals surface area contributed by atoms with Crippen molar-refractivity contribution < 1.29 is 4.79 Å². The summed E-state index contributed by atoms with van der Waals surface area (Å²) < 4.78 is 1.38. The molecule has 1 amide bonds. The van der Waals surface area contributed by atoms with E-state index in [0.717, 1.165) is 23.3 Å². The zero-order valence-corrected chi connectivity index (χ0v) is 17.9. The molecule has 2 heterocycles. The highest BCUT2D eigenvalue weighted by molar-refractivity contribution is 7.99. The van der Waals surface area contributed by atoms with Crippen molar-refractivity contribution in [2.24, 2.45) is 0 Å². The summed E-state index contributed by atoms with van der Waals surface area (Å²) in [5.74, 6) is 0.743. The molecule has 152 valence electrons. The third-order valence-electron chi connectivity index (χ3n) is 4.61. The molecule has 0 fully saturated rings. The number of carbonyl (C=O) groups is 1. The van der Waals surface area contributed by atoms with Crippen molar-refractivity contribution in [2.45, 2.75) is 17.9 Å². The van der Waals surface area contributed by atoms with E-state index in [-0.39, 0.29) is 18.0 Å². The van der Waals surface area contributed by atoms with Crippen LogP contribution in [0.3, 0.4) is 0 Å². The summed E-state index contributed by atoms with van der Waals surface area (Å²) in [4.78, 5) is 31.6. The van der Waals surface area contributed by atoms with E-state index in [4.69, 9.17) is 0 Å². The van der Waals surface area contributed by atoms with Crippen LogP contribution in [-0.2, 0) is 11.3 Å². The van der Waals surface area contributed by atoms with Gasteiger partial charge >= 0.3 is 0 Å². The summed E-state index contributed by atoms with van der Waals surface area (Å²) in [6.45, 7) is 0.550. The molecule has 0 spiro atoms. The zero-order chi connectivity index (χ0) is 20.8. The number of hydrogen-bond donors (Lipinski definition) is 1. The van der Waals surface area contributed by atoms with Crippen LogP contribution in [-0.4, -0.2) is 27.8 Å². The van der Waals surface area contributed by atoms with Gasteiger partial charge in [0.2, 0.25) is 5.91 Å². The molecule has 0 aliphatic carbocycles. The predicted octanol–water partition coefficient (Wildman–Crippen LogP) is 4.42. The lowest BCUT2D eigenvalue weighted by molar-refractivity contribution is -0.121. The van der Waals surface area contributed by atoms with Crippen LogP contribution in [0.15, 0.2) is 82.1 Å². The number of fused-ring (bicyclic) bond motifs is 1. The highest BCUT2D eigenvalue weighted by Crippen LogP contribution is 2.30. The fourth-order valence-electron chi connectivity index (χ4n) is 3.13. The third-order valence-corrected chi connectivity index (χ3v) is 6.60. The Hall–Kier alpha value is -2.90. The van der Waals surface area contributed by atoms with Gasteiger partial charge in [0, 0.05) is 22.4 Å². The van der Waals surface area contributed by atoms with E-state index in [1.165, 1.54) is 27.1 Å². The molecular formula is C23H21N3O2S2. The Kier molecular flexibility index (Phi) is 6.61. The maximum absolute atomic E-state index is 13.0. The number of carbonyl (C=O) groups excluding carboxylic acids is 1. The van der Waals surface area contributed by atoms with Crippen molar-refractivity contribution in [3.8, 4) is 11.1 Å². The summed E-state index contributed by atoms with van der Waals surface area (Å²) in [6.07, 6.45) is 2.32. The van der Waals surface area contributed by atoms with Crippen LogP contribution < -0.4 is 10.9 Å². The van der Waals surface area contributed by atoms with Gasteiger partial charge in [-0.15, -0.1) is 23.1 Å². The van der Waals surface area contributed by atoms with Gasteiger partial charge in [-0.05, 0) is 29.9 Å². The first-order chi connectivity index (χ1) is 14.7. The predicted molar refractivity (Wildman–Crippen MR) is 124 cm³/mol. The Morgan fingerprint density at radius 2 is 1.80 bits per heavy atom. The summed E-state index contributed by atoms with van der Waals surface area (Å²) in [5.41, 5.74) is 1.65. The van der Waals surface area contributed by atoms with Gasteiger partial charge in [-0.25, -0.2) is 4.98 Å². The van der Waals surface area contributed by atoms with Crippen LogP contribution in [0.1, 0.15) is 6.42 Å². The summed E-state index contributed by atoms with van der Waals surface area (Å²) >= 11 is 3.21. The Morgan fingerprint density at radius 1 is 1.07 bits per heavy atom. The lowest BCUT2D eigenvalue weighted by Gasteiger charge is -2.08. The molecule has 0 saturated heterocycles. The minimum Gasteiger partial charge on any atom is -0.355 e. The van der Waals surface area contributed by atoms with Crippen molar-refractivity contribution in [2.75, 3.05) is 12.3 Å². The molecule has 5 nitrogen and oxygen atoms in total. The molecular weight excluding hydrogens is 414 g/mol. The molecule has 30 heavy (non-hydrogen) atoms. The number of rotatable bonds is 8. The molecule has 4 rings (SSSR count). The average molecular weight is 436 g/mol. The highest BCUT2D eigenvalue weighted by atomic mass is 32.2. The molecule has 0 aliphatic heterocycles. The van der Waals surface area contributed by atoms with E-state index < -0.39 is 0 Å². The molecule has 2 aromatic heterocycles. The van der Waals surface area contributed by atoms with E-state index in [1.54, 1.807) is 11.8 Å². The first-order valence-corrected chi connectivity index (χ1v) is 11.6. The molecule has 0 radical (unpaired) electrons. The molecule has 2 aromatic carbocycles. The molecule has 0 bridgehead atoms. The maximum Gasteiger partial charge on any atom is 0.263 e. The minimum absolute atomic E-state index is 0.0301. The summed E-state index contributed by atoms with van der Waals surface area (Å²) in [6, 6.07) is 20.0. The third kappa shape index (κ3) is 4.80. The lowest BCUT2D eigenvalue weighted by Crippen LogP contribution is -2.33. The number of thiophene rings is 1. The Morgan fingerprint density at radius 3 is 2.57 bits per heavy atom. The molecule has 0 unspecified atom stereocenters. The second-order valence-corrected chi connectivity index (χ2v) is 8.76. The van der Waals surface area contributed by atoms with Gasteiger partial charge in [0.1, 0.15) is 11.4 Å². The van der Waals surface area contributed by atoms with Crippen molar-refractivity contribution in [1.29, 1.82) is 0 Å². The standard InChI is InChI=1S/C23H21N3O2S2/c27-20(24-12-7-13-29-18-10-5-2-6-11-18)14-26-16-25-22-21(23(26)28)19(15-30-22)17-8-3-1-4-9-17/h1-6,8-11,15-16H,7,12-14H2,(H,24,27). The summed E-state index contributed by atoms with van der Waals surface area (Å²) in [7, 11) is 0. The van der Waals surface area contributed by atoms with E-state index in [1.807, 2.05) is 53.9 Å². The maximum atomic E-state index is 13.0. The molecule has 0 saturated carbocycles. The number of thioether (sulfide) groups is 1. The van der Waals surface area contributed by atoms with Crippen LogP contribution in [0.25, 0.3) is 21.3 Å². The van der Waals surface area contributed by atoms with Gasteiger partial charge in [-0.1, -0.05) is 48.5 Å².